The van der Waals surface area contributed by atoms with Gasteiger partial charge in [-0.15, -0.1) is 0 Å². The number of aliphatic hydroxyl groups is 2. The van der Waals surface area contributed by atoms with Gasteiger partial charge < -0.3 is 25.0 Å². The zero-order valence-electron chi connectivity index (χ0n) is 27.1. The van der Waals surface area contributed by atoms with E-state index in [0.717, 1.165) is 17.0 Å². The number of aliphatic hydroxyl groups excluding tert-OH is 2. The number of phenolic OH excluding ortho intramolecular Hbond substituents is 1. The Hall–Kier alpha value is -3.65. The summed E-state index contributed by atoms with van der Waals surface area (Å²) in [5.41, 5.74) is 1.20. The van der Waals surface area contributed by atoms with Crippen LogP contribution in [0.5, 0.6) is 5.75 Å². The molecule has 3 N–H and O–H groups in total. The average Bonchev–Trinajstić information content (AvgIpc) is 2.92. The fraction of sp³-hybridized carbons (Fsp3) is 0.528. The lowest BCUT2D eigenvalue weighted by atomic mass is 9.43. The molecule has 0 heterocycles. The number of ether oxygens (including phenoxy) is 1. The van der Waals surface area contributed by atoms with Gasteiger partial charge >= 0.3 is 0 Å². The third-order valence-electron chi connectivity index (χ3n) is 11.0. The molecule has 0 aromatic heterocycles. The lowest BCUT2D eigenvalue weighted by Crippen LogP contribution is -2.57. The molecule has 5 rings (SSSR count). The van der Waals surface area contributed by atoms with E-state index in [2.05, 4.69) is 6.92 Å². The van der Waals surface area contributed by atoms with Gasteiger partial charge in [-0.2, -0.15) is 0 Å². The van der Waals surface area contributed by atoms with E-state index in [4.69, 9.17) is 4.74 Å². The monoisotopic (exact) mass is 603 g/mol. The van der Waals surface area contributed by atoms with Crippen LogP contribution in [0.3, 0.4) is 0 Å². The number of phenols is 1. The third kappa shape index (κ3) is 4.64. The third-order valence-corrected chi connectivity index (χ3v) is 11.0. The van der Waals surface area contributed by atoms with E-state index in [0.29, 0.717) is 48.0 Å². The van der Waals surface area contributed by atoms with Gasteiger partial charge in [-0.3, -0.25) is 14.4 Å². The van der Waals surface area contributed by atoms with Crippen LogP contribution in [0.1, 0.15) is 83.1 Å². The molecule has 44 heavy (non-hydrogen) atoms. The molecule has 4 aliphatic carbocycles. The molecule has 8 heteroatoms. The standard InChI is InChI=1S/C36H45NO7/c1-19-30-32(42)29-25(16-34(30,3)18-35(4)17-27(40)28(20(2)38)33(43)36(19,35)5)26(37(6)7)15-22(31(29)41)14-23(39)13-21-9-11-24(44-8)12-10-21/h9,11-12,15,21,32,40-42H,10,13-14,16-18H2,1-8H3/t21?,32?,34-,35+,36+/m0/s1. The molecule has 0 saturated carbocycles. The highest BCUT2D eigenvalue weighted by atomic mass is 16.5. The summed E-state index contributed by atoms with van der Waals surface area (Å²) in [4.78, 5) is 41.7. The Morgan fingerprint density at radius 1 is 1.14 bits per heavy atom. The molecule has 2 unspecified atom stereocenters. The van der Waals surface area contributed by atoms with Gasteiger partial charge in [0.25, 0.3) is 0 Å². The number of hydrogen-bond donors (Lipinski definition) is 3. The largest absolute Gasteiger partial charge is 0.511 e. The van der Waals surface area contributed by atoms with Gasteiger partial charge in [0, 0.05) is 50.2 Å². The molecular weight excluding hydrogens is 558 g/mol. The van der Waals surface area contributed by atoms with Gasteiger partial charge in [-0.1, -0.05) is 25.5 Å². The molecule has 0 amide bonds. The van der Waals surface area contributed by atoms with Gasteiger partial charge in [0.2, 0.25) is 0 Å². The fourth-order valence-corrected chi connectivity index (χ4v) is 8.73. The minimum absolute atomic E-state index is 0.0171. The van der Waals surface area contributed by atoms with Crippen molar-refractivity contribution in [2.24, 2.45) is 22.2 Å². The van der Waals surface area contributed by atoms with Gasteiger partial charge in [-0.25, -0.2) is 0 Å². The van der Waals surface area contributed by atoms with Crippen LogP contribution in [0.25, 0.3) is 0 Å². The second kappa shape index (κ2) is 10.8. The maximum atomic E-state index is 14.0. The lowest BCUT2D eigenvalue weighted by molar-refractivity contribution is -0.136. The minimum Gasteiger partial charge on any atom is -0.511 e. The maximum absolute atomic E-state index is 14.0. The van der Waals surface area contributed by atoms with Crippen LogP contribution in [-0.2, 0) is 32.0 Å². The zero-order chi connectivity index (χ0) is 32.5. The van der Waals surface area contributed by atoms with Crippen LogP contribution in [0.2, 0.25) is 0 Å². The first-order valence-electron chi connectivity index (χ1n) is 15.4. The van der Waals surface area contributed by atoms with Crippen molar-refractivity contribution in [1.29, 1.82) is 0 Å². The van der Waals surface area contributed by atoms with Crippen molar-refractivity contribution < 1.29 is 34.4 Å². The molecule has 1 aromatic rings. The Bertz CT molecular complexity index is 1590. The Kier molecular flexibility index (Phi) is 7.77. The van der Waals surface area contributed by atoms with Crippen molar-refractivity contribution in [3.63, 3.8) is 0 Å². The quantitative estimate of drug-likeness (QED) is 0.265. The minimum atomic E-state index is -1.22. The van der Waals surface area contributed by atoms with Crippen LogP contribution in [0.4, 0.5) is 5.69 Å². The molecule has 5 atom stereocenters. The Morgan fingerprint density at radius 3 is 2.39 bits per heavy atom. The van der Waals surface area contributed by atoms with Crippen LogP contribution in [-0.4, -0.2) is 53.9 Å². The van der Waals surface area contributed by atoms with Crippen molar-refractivity contribution in [2.75, 3.05) is 26.1 Å². The number of anilines is 1. The molecule has 0 radical (unpaired) electrons. The maximum Gasteiger partial charge on any atom is 0.180 e. The van der Waals surface area contributed by atoms with Crippen LogP contribution >= 0.6 is 0 Å². The smallest absolute Gasteiger partial charge is 0.180 e. The van der Waals surface area contributed by atoms with Gasteiger partial charge in [0.15, 0.2) is 11.6 Å². The number of nitrogens with zero attached hydrogens (tertiary/aromatic N) is 1. The van der Waals surface area contributed by atoms with E-state index >= 15 is 0 Å². The summed E-state index contributed by atoms with van der Waals surface area (Å²) in [5, 5.41) is 34.7. The Labute approximate surface area is 259 Å². The van der Waals surface area contributed by atoms with Crippen molar-refractivity contribution in [1.82, 2.24) is 0 Å². The fourth-order valence-electron chi connectivity index (χ4n) is 8.73. The number of carbonyl (C=O) groups is 3. The lowest BCUT2D eigenvalue weighted by Gasteiger charge is -2.60. The van der Waals surface area contributed by atoms with E-state index in [1.807, 2.05) is 64.1 Å². The summed E-state index contributed by atoms with van der Waals surface area (Å²) in [6.45, 7) is 9.01. The highest BCUT2D eigenvalue weighted by Crippen LogP contribution is 2.68. The number of carbonyl (C=O) groups excluding carboxylic acids is 3. The molecule has 0 spiro atoms. The molecule has 0 saturated heterocycles. The predicted octanol–water partition coefficient (Wildman–Crippen LogP) is 5.77. The number of aromatic hydroxyl groups is 1. The molecule has 0 fully saturated rings. The topological polar surface area (TPSA) is 124 Å². The highest BCUT2D eigenvalue weighted by molar-refractivity contribution is 6.23. The number of rotatable bonds is 7. The predicted molar refractivity (Wildman–Crippen MR) is 168 cm³/mol. The van der Waals surface area contributed by atoms with Crippen LogP contribution in [0.15, 0.2) is 52.5 Å². The first-order valence-corrected chi connectivity index (χ1v) is 15.4. The number of Topliss-reactive ketones (excluding diaryl/α,β-unsaturated/α-hetero) is 3. The van der Waals surface area contributed by atoms with E-state index in [-0.39, 0.29) is 41.6 Å². The number of ketones is 3. The van der Waals surface area contributed by atoms with E-state index < -0.39 is 33.9 Å². The van der Waals surface area contributed by atoms with Crippen molar-refractivity contribution >= 4 is 23.0 Å². The summed E-state index contributed by atoms with van der Waals surface area (Å²) >= 11 is 0. The first kappa shape index (κ1) is 31.8. The molecule has 0 bridgehead atoms. The van der Waals surface area contributed by atoms with Gasteiger partial charge in [0.1, 0.15) is 29.2 Å². The second-order valence-electron chi connectivity index (χ2n) is 14.2. The first-order chi connectivity index (χ1) is 20.5. The van der Waals surface area contributed by atoms with Crippen molar-refractivity contribution in [3.05, 3.63) is 69.2 Å². The normalized spacial score (nSPS) is 31.2. The summed E-state index contributed by atoms with van der Waals surface area (Å²) in [7, 11) is 5.42. The van der Waals surface area contributed by atoms with E-state index in [9.17, 15) is 29.7 Å². The van der Waals surface area contributed by atoms with E-state index in [1.54, 1.807) is 7.11 Å². The second-order valence-corrected chi connectivity index (χ2v) is 14.2. The van der Waals surface area contributed by atoms with Crippen molar-refractivity contribution in [2.45, 2.75) is 79.2 Å². The molecular formula is C36H45NO7. The number of methoxy groups -OCH3 is 1. The SMILES string of the molecule is COC1=CCC(CC(=O)Cc2cc(N(C)C)c3c(c2O)C(O)C2=C(C)[C@]4(C)C(=O)C(C(C)=O)=C(O)C[C@]4(C)C[C@]2(C)C3)C=C1. The number of allylic oxidation sites excluding steroid dienone is 6. The number of fused-ring (bicyclic) bond motifs is 3. The Morgan fingerprint density at radius 2 is 1.82 bits per heavy atom. The van der Waals surface area contributed by atoms with Gasteiger partial charge in [0.05, 0.1) is 18.1 Å². The summed E-state index contributed by atoms with van der Waals surface area (Å²) in [6, 6.07) is 1.86. The highest BCUT2D eigenvalue weighted by Gasteiger charge is 2.64. The summed E-state index contributed by atoms with van der Waals surface area (Å²) in [6.07, 6.45) is 6.79. The summed E-state index contributed by atoms with van der Waals surface area (Å²) in [5.74, 6) is -0.354. The number of hydrogen-bond acceptors (Lipinski definition) is 8. The molecule has 8 nitrogen and oxygen atoms in total. The van der Waals surface area contributed by atoms with E-state index in [1.165, 1.54) is 6.92 Å². The molecule has 0 aliphatic heterocycles. The van der Waals surface area contributed by atoms with Crippen LogP contribution < -0.4 is 4.90 Å². The molecule has 1 aromatic carbocycles. The van der Waals surface area contributed by atoms with Crippen molar-refractivity contribution in [3.8, 4) is 5.75 Å². The molecule has 236 valence electrons. The summed E-state index contributed by atoms with van der Waals surface area (Å²) < 4.78 is 5.25. The molecule has 4 aliphatic rings. The Balaban J connectivity index is 1.59. The average molecular weight is 604 g/mol. The number of benzene rings is 1. The zero-order valence-corrected chi connectivity index (χ0v) is 27.1. The van der Waals surface area contributed by atoms with Gasteiger partial charge in [-0.05, 0) is 86.1 Å². The van der Waals surface area contributed by atoms with Crippen LogP contribution in [0, 0.1) is 22.2 Å².